The Kier molecular flexibility index (Phi) is 11.9. The number of allylic oxidation sites excluding steroid dienone is 1. The van der Waals surface area contributed by atoms with Gasteiger partial charge in [-0.15, -0.1) is 0 Å². The average Bonchev–Trinajstić information content (AvgIpc) is 2.93. The van der Waals surface area contributed by atoms with E-state index in [1.165, 1.54) is 7.11 Å². The Balaban J connectivity index is 1.70. The Bertz CT molecular complexity index is 1300. The van der Waals surface area contributed by atoms with E-state index in [4.69, 9.17) is 23.7 Å². The van der Waals surface area contributed by atoms with Crippen LogP contribution >= 0.6 is 22.6 Å². The minimum atomic E-state index is -1.13. The second-order valence-electron chi connectivity index (χ2n) is 8.61. The number of carbonyl (C=O) groups is 2. The number of rotatable bonds is 14. The molecule has 0 saturated heterocycles. The van der Waals surface area contributed by atoms with E-state index < -0.39 is 24.3 Å². The van der Waals surface area contributed by atoms with Gasteiger partial charge in [-0.05, 0) is 85.7 Å². The van der Waals surface area contributed by atoms with Crippen molar-refractivity contribution in [2.45, 2.75) is 40.0 Å². The molecular formula is C28H35IN4O8. The van der Waals surface area contributed by atoms with E-state index in [2.05, 4.69) is 43.8 Å². The number of urea groups is 1. The standard InChI is InChI=1S/C28H35IN4O8/c1-6-38-21-13-18(25-24(27(35)37-5)16(4)31-28(36)32-25)9-10-20(21)41-15-23(34)33-30-14-17-11-19(29)26(40-8-3)22(12-17)39-7-2/h9-14,23,25,33-34H,6-8,15H2,1-5H3,(H2,31,32,36)/b30-14+/t23-,25+/m0/s1. The zero-order valence-electron chi connectivity index (χ0n) is 23.6. The largest absolute Gasteiger partial charge is 0.490 e. The van der Waals surface area contributed by atoms with Crippen LogP contribution in [0, 0.1) is 3.57 Å². The molecule has 41 heavy (non-hydrogen) atoms. The fourth-order valence-electron chi connectivity index (χ4n) is 4.03. The lowest BCUT2D eigenvalue weighted by Gasteiger charge is -2.28. The molecule has 0 bridgehead atoms. The van der Waals surface area contributed by atoms with Gasteiger partial charge in [-0.1, -0.05) is 6.07 Å². The van der Waals surface area contributed by atoms with Crippen LogP contribution < -0.4 is 35.0 Å². The molecule has 2 atom stereocenters. The van der Waals surface area contributed by atoms with Gasteiger partial charge in [-0.2, -0.15) is 5.10 Å². The molecule has 0 fully saturated rings. The third-order valence-electron chi connectivity index (χ3n) is 5.73. The van der Waals surface area contributed by atoms with Crippen molar-refractivity contribution in [1.29, 1.82) is 0 Å². The molecule has 0 aromatic heterocycles. The van der Waals surface area contributed by atoms with E-state index in [-0.39, 0.29) is 12.2 Å². The molecule has 12 nitrogen and oxygen atoms in total. The van der Waals surface area contributed by atoms with Crippen molar-refractivity contribution in [2.75, 3.05) is 33.5 Å². The molecule has 2 aromatic carbocycles. The van der Waals surface area contributed by atoms with Crippen LogP contribution in [0.3, 0.4) is 0 Å². The summed E-state index contributed by atoms with van der Waals surface area (Å²) in [7, 11) is 1.28. The van der Waals surface area contributed by atoms with Gasteiger partial charge in [0.2, 0.25) is 0 Å². The van der Waals surface area contributed by atoms with E-state index in [1.54, 1.807) is 31.3 Å². The highest BCUT2D eigenvalue weighted by Gasteiger charge is 2.32. The van der Waals surface area contributed by atoms with Crippen molar-refractivity contribution in [3.8, 4) is 23.0 Å². The summed E-state index contributed by atoms with van der Waals surface area (Å²) < 4.78 is 28.7. The Morgan fingerprint density at radius 2 is 1.78 bits per heavy atom. The Morgan fingerprint density at radius 3 is 2.46 bits per heavy atom. The summed E-state index contributed by atoms with van der Waals surface area (Å²) in [5.41, 5.74) is 4.66. The van der Waals surface area contributed by atoms with Crippen LogP contribution in [0.15, 0.2) is 46.7 Å². The third kappa shape index (κ3) is 8.39. The van der Waals surface area contributed by atoms with Gasteiger partial charge in [-0.3, -0.25) is 5.43 Å². The Morgan fingerprint density at radius 1 is 1.07 bits per heavy atom. The summed E-state index contributed by atoms with van der Waals surface area (Å²) in [4.78, 5) is 24.5. The zero-order valence-corrected chi connectivity index (χ0v) is 25.7. The molecule has 1 heterocycles. The summed E-state index contributed by atoms with van der Waals surface area (Å²) in [5, 5.41) is 19.9. The number of aliphatic hydroxyl groups excluding tert-OH is 1. The first-order valence-electron chi connectivity index (χ1n) is 13.0. The summed E-state index contributed by atoms with van der Waals surface area (Å²) in [5.74, 6) is 1.47. The van der Waals surface area contributed by atoms with E-state index in [9.17, 15) is 14.7 Å². The first-order valence-corrected chi connectivity index (χ1v) is 14.1. The van der Waals surface area contributed by atoms with Gasteiger partial charge in [0.1, 0.15) is 6.61 Å². The molecule has 222 valence electrons. The molecule has 2 amide bonds. The molecule has 0 unspecified atom stereocenters. The maximum absolute atomic E-state index is 12.4. The summed E-state index contributed by atoms with van der Waals surface area (Å²) in [6.07, 6.45) is 0.430. The van der Waals surface area contributed by atoms with Crippen LogP contribution in [0.25, 0.3) is 0 Å². The summed E-state index contributed by atoms with van der Waals surface area (Å²) in [6, 6.07) is 7.53. The van der Waals surface area contributed by atoms with Crippen molar-refractivity contribution in [3.05, 3.63) is 56.3 Å². The third-order valence-corrected chi connectivity index (χ3v) is 6.53. The van der Waals surface area contributed by atoms with Crippen molar-refractivity contribution in [3.63, 3.8) is 0 Å². The molecule has 0 spiro atoms. The number of esters is 1. The quantitative estimate of drug-likeness (QED) is 0.0771. The monoisotopic (exact) mass is 682 g/mol. The molecule has 13 heteroatoms. The zero-order chi connectivity index (χ0) is 29.9. The molecule has 0 saturated carbocycles. The number of amides is 2. The van der Waals surface area contributed by atoms with Crippen LogP contribution in [0.2, 0.25) is 0 Å². The number of hydrogen-bond acceptors (Lipinski definition) is 10. The minimum Gasteiger partial charge on any atom is -0.490 e. The van der Waals surface area contributed by atoms with E-state index in [0.29, 0.717) is 54.1 Å². The molecule has 3 rings (SSSR count). The van der Waals surface area contributed by atoms with Gasteiger partial charge in [0.15, 0.2) is 29.2 Å². The summed E-state index contributed by atoms with van der Waals surface area (Å²) >= 11 is 2.18. The normalized spacial score (nSPS) is 15.6. The first-order chi connectivity index (χ1) is 19.7. The molecule has 4 N–H and O–H groups in total. The van der Waals surface area contributed by atoms with Crippen molar-refractivity contribution >= 4 is 40.8 Å². The van der Waals surface area contributed by atoms with Gasteiger partial charge in [0.25, 0.3) is 0 Å². The maximum atomic E-state index is 12.4. The number of ether oxygens (including phenoxy) is 5. The predicted octanol–water partition coefficient (Wildman–Crippen LogP) is 3.61. The lowest BCUT2D eigenvalue weighted by molar-refractivity contribution is -0.136. The van der Waals surface area contributed by atoms with Crippen LogP contribution in [0.5, 0.6) is 23.0 Å². The van der Waals surface area contributed by atoms with Crippen LogP contribution in [0.1, 0.15) is 44.9 Å². The van der Waals surface area contributed by atoms with Gasteiger partial charge in [0, 0.05) is 5.70 Å². The van der Waals surface area contributed by atoms with Crippen molar-refractivity contribution in [1.82, 2.24) is 16.1 Å². The van der Waals surface area contributed by atoms with Gasteiger partial charge < -0.3 is 39.4 Å². The number of nitrogens with zero attached hydrogens (tertiary/aromatic N) is 1. The number of nitrogens with one attached hydrogen (secondary N) is 3. The topological polar surface area (TPSA) is 149 Å². The van der Waals surface area contributed by atoms with Gasteiger partial charge in [-0.25, -0.2) is 9.59 Å². The van der Waals surface area contributed by atoms with Crippen LogP contribution in [-0.2, 0) is 9.53 Å². The predicted molar refractivity (Wildman–Crippen MR) is 160 cm³/mol. The smallest absolute Gasteiger partial charge is 0.337 e. The highest BCUT2D eigenvalue weighted by atomic mass is 127. The first kappa shape index (κ1) is 31.8. The minimum absolute atomic E-state index is 0.141. The number of methoxy groups -OCH3 is 1. The lowest BCUT2D eigenvalue weighted by Crippen LogP contribution is -2.45. The van der Waals surface area contributed by atoms with Crippen LogP contribution in [-0.4, -0.2) is 63.1 Å². The SMILES string of the molecule is CCOc1cc([C@H]2NC(=O)NC(C)=C2C(=O)OC)ccc1OC[C@H](O)N/N=C/c1cc(I)c(OCC)c(OCC)c1. The fourth-order valence-corrected chi connectivity index (χ4v) is 4.81. The number of aliphatic hydroxyl groups is 1. The maximum Gasteiger partial charge on any atom is 0.337 e. The lowest BCUT2D eigenvalue weighted by atomic mass is 9.95. The second kappa shape index (κ2) is 15.3. The van der Waals surface area contributed by atoms with Gasteiger partial charge in [0.05, 0.1) is 48.3 Å². The molecular weight excluding hydrogens is 647 g/mol. The van der Waals surface area contributed by atoms with Crippen molar-refractivity contribution < 1.29 is 38.4 Å². The Hall–Kier alpha value is -3.72. The Labute approximate surface area is 252 Å². The van der Waals surface area contributed by atoms with Gasteiger partial charge >= 0.3 is 12.0 Å². The number of carbonyl (C=O) groups excluding carboxylic acids is 2. The number of hydrogen-bond donors (Lipinski definition) is 4. The van der Waals surface area contributed by atoms with E-state index in [0.717, 1.165) is 9.13 Å². The molecule has 0 radical (unpaired) electrons. The number of halogens is 1. The average molecular weight is 683 g/mol. The van der Waals surface area contributed by atoms with Crippen molar-refractivity contribution in [2.24, 2.45) is 5.10 Å². The van der Waals surface area contributed by atoms with E-state index in [1.807, 2.05) is 32.9 Å². The second-order valence-corrected chi connectivity index (χ2v) is 9.77. The molecule has 1 aliphatic rings. The molecule has 0 aliphatic carbocycles. The van der Waals surface area contributed by atoms with E-state index >= 15 is 0 Å². The fraction of sp³-hybridized carbons (Fsp3) is 0.393. The molecule has 1 aliphatic heterocycles. The number of hydrazone groups is 1. The number of benzene rings is 2. The molecule has 2 aromatic rings. The highest BCUT2D eigenvalue weighted by molar-refractivity contribution is 14.1. The highest BCUT2D eigenvalue weighted by Crippen LogP contribution is 2.35. The summed E-state index contributed by atoms with van der Waals surface area (Å²) in [6.45, 7) is 8.46. The van der Waals surface area contributed by atoms with Crippen LogP contribution in [0.4, 0.5) is 4.79 Å².